The lowest BCUT2D eigenvalue weighted by molar-refractivity contribution is -0.143. The van der Waals surface area contributed by atoms with Crippen LogP contribution in [0.15, 0.2) is 51.9 Å². The highest BCUT2D eigenvalue weighted by Gasteiger charge is 2.27. The number of rotatable bonds is 12. The molecule has 2 aromatic carbocycles. The van der Waals surface area contributed by atoms with E-state index in [1.807, 2.05) is 54.0 Å². The maximum Gasteiger partial charge on any atom is 0.305 e. The summed E-state index contributed by atoms with van der Waals surface area (Å²) in [6, 6.07) is 13.3. The molecule has 4 rings (SSSR count). The first-order valence-electron chi connectivity index (χ1n) is 12.4. The van der Waals surface area contributed by atoms with E-state index >= 15 is 0 Å². The van der Waals surface area contributed by atoms with Gasteiger partial charge in [0.05, 0.1) is 28.6 Å². The summed E-state index contributed by atoms with van der Waals surface area (Å²) in [6.07, 6.45) is 7.76. The quantitative estimate of drug-likeness (QED) is 0.255. The Labute approximate surface area is 213 Å². The van der Waals surface area contributed by atoms with E-state index in [0.29, 0.717) is 36.1 Å². The van der Waals surface area contributed by atoms with Crippen LogP contribution in [-0.2, 0) is 20.9 Å². The number of aromatic hydroxyl groups is 1. The van der Waals surface area contributed by atoms with Crippen molar-refractivity contribution >= 4 is 44.3 Å². The van der Waals surface area contributed by atoms with Gasteiger partial charge in [0.2, 0.25) is 0 Å². The molecule has 1 aliphatic rings. The number of benzene rings is 2. The standard InChI is InChI=1S/C28H31BrN2O4/c1-2-35-24(32)14-8-6-4-3-5-7-11-17-31-23-16-15-19(29)18-21(23)26(28(31)34)25-20-12-9-10-13-22(20)30-27(25)33/h9-10,12-13,15-16,18,34H,2-8,11,14,17H2,1H3. The number of carbonyl (C=O) groups excluding carboxylic acids is 2. The third kappa shape index (κ3) is 5.67. The molecule has 0 saturated carbocycles. The van der Waals surface area contributed by atoms with Crippen LogP contribution in [0.2, 0.25) is 0 Å². The van der Waals surface area contributed by atoms with Gasteiger partial charge in [0.25, 0.3) is 5.91 Å². The molecular weight excluding hydrogens is 508 g/mol. The Morgan fingerprint density at radius 2 is 1.74 bits per heavy atom. The average Bonchev–Trinajstić information content (AvgIpc) is 3.30. The maximum absolute atomic E-state index is 12.8. The van der Waals surface area contributed by atoms with Crippen LogP contribution >= 0.6 is 15.9 Å². The normalized spacial score (nSPS) is 12.7. The number of ether oxygens (including phenoxy) is 1. The lowest BCUT2D eigenvalue weighted by Gasteiger charge is -2.08. The number of hydrogen-bond acceptors (Lipinski definition) is 4. The van der Waals surface area contributed by atoms with Gasteiger partial charge >= 0.3 is 5.97 Å². The minimum absolute atomic E-state index is 0.104. The summed E-state index contributed by atoms with van der Waals surface area (Å²) in [5, 5.41) is 13.5. The zero-order valence-corrected chi connectivity index (χ0v) is 21.6. The van der Waals surface area contributed by atoms with Crippen molar-refractivity contribution in [3.05, 3.63) is 63.1 Å². The van der Waals surface area contributed by atoms with Gasteiger partial charge in [-0.3, -0.25) is 9.59 Å². The van der Waals surface area contributed by atoms with Crippen LogP contribution in [0, 0.1) is 0 Å². The number of para-hydroxylation sites is 1. The minimum Gasteiger partial charge on any atom is -0.494 e. The fraction of sp³-hybridized carbons (Fsp3) is 0.393. The zero-order chi connectivity index (χ0) is 24.8. The molecule has 3 aromatic rings. The average molecular weight is 539 g/mol. The van der Waals surface area contributed by atoms with Crippen LogP contribution in [0.1, 0.15) is 63.9 Å². The molecule has 2 heterocycles. The number of esters is 1. The Morgan fingerprint density at radius 1 is 1.03 bits per heavy atom. The number of nitrogens with zero attached hydrogens (tertiary/aromatic N) is 2. The number of halogens is 1. The van der Waals surface area contributed by atoms with Crippen molar-refractivity contribution in [2.75, 3.05) is 6.61 Å². The molecule has 0 aliphatic carbocycles. The van der Waals surface area contributed by atoms with E-state index in [1.54, 1.807) is 0 Å². The summed E-state index contributed by atoms with van der Waals surface area (Å²) in [5.41, 5.74) is 1.92. The molecule has 0 unspecified atom stereocenters. The number of aromatic nitrogens is 1. The fourth-order valence-corrected chi connectivity index (χ4v) is 5.11. The second-order valence-corrected chi connectivity index (χ2v) is 9.77. The third-order valence-electron chi connectivity index (χ3n) is 6.43. The van der Waals surface area contributed by atoms with Gasteiger partial charge in [0, 0.05) is 28.0 Å². The predicted molar refractivity (Wildman–Crippen MR) is 140 cm³/mol. The lowest BCUT2D eigenvalue weighted by atomic mass is 10.0. The molecule has 0 spiro atoms. The number of fused-ring (bicyclic) bond motifs is 2. The van der Waals surface area contributed by atoms with E-state index in [2.05, 4.69) is 20.9 Å². The fourth-order valence-electron chi connectivity index (χ4n) is 4.75. The first-order chi connectivity index (χ1) is 17.0. The Morgan fingerprint density at radius 3 is 2.51 bits per heavy atom. The largest absolute Gasteiger partial charge is 0.494 e. The number of aryl methyl sites for hydroxylation is 1. The van der Waals surface area contributed by atoms with E-state index in [1.165, 1.54) is 0 Å². The van der Waals surface area contributed by atoms with E-state index in [-0.39, 0.29) is 17.8 Å². The highest BCUT2D eigenvalue weighted by molar-refractivity contribution is 9.10. The summed E-state index contributed by atoms with van der Waals surface area (Å²) >= 11 is 3.54. The predicted octanol–water partition coefficient (Wildman–Crippen LogP) is 5.15. The summed E-state index contributed by atoms with van der Waals surface area (Å²) in [4.78, 5) is 28.4. The molecule has 0 atom stereocenters. The molecule has 7 heteroatoms. The van der Waals surface area contributed by atoms with Crippen molar-refractivity contribution in [3.63, 3.8) is 0 Å². The first kappa shape index (κ1) is 25.2. The van der Waals surface area contributed by atoms with Crippen molar-refractivity contribution in [1.82, 2.24) is 4.57 Å². The molecule has 6 nitrogen and oxygen atoms in total. The van der Waals surface area contributed by atoms with Crippen LogP contribution in [0.4, 0.5) is 0 Å². The Balaban J connectivity index is 1.43. The van der Waals surface area contributed by atoms with Crippen LogP contribution in [-0.4, -0.2) is 28.2 Å². The molecule has 0 radical (unpaired) electrons. The van der Waals surface area contributed by atoms with Crippen molar-refractivity contribution < 1.29 is 19.4 Å². The van der Waals surface area contributed by atoms with Gasteiger partial charge in [-0.05, 0) is 44.0 Å². The van der Waals surface area contributed by atoms with Crippen molar-refractivity contribution in [2.24, 2.45) is 4.99 Å². The maximum atomic E-state index is 12.8. The SMILES string of the molecule is CCOC(=O)CCCCCCCCCn1c(O)c(C2=c3ccccc3=NC2=O)c2cc(Br)ccc21. The molecule has 1 N–H and O–H groups in total. The van der Waals surface area contributed by atoms with E-state index in [9.17, 15) is 14.7 Å². The second kappa shape index (κ2) is 11.7. The molecule has 0 saturated heterocycles. The van der Waals surface area contributed by atoms with E-state index < -0.39 is 0 Å². The van der Waals surface area contributed by atoms with Crippen molar-refractivity contribution in [2.45, 2.75) is 64.8 Å². The highest BCUT2D eigenvalue weighted by Crippen LogP contribution is 2.38. The van der Waals surface area contributed by atoms with Gasteiger partial charge in [0.1, 0.15) is 0 Å². The lowest BCUT2D eigenvalue weighted by Crippen LogP contribution is -2.22. The Kier molecular flexibility index (Phi) is 8.39. The molecular formula is C28H31BrN2O4. The second-order valence-electron chi connectivity index (χ2n) is 8.85. The smallest absolute Gasteiger partial charge is 0.305 e. The number of hydrogen-bond donors (Lipinski definition) is 1. The Hall–Kier alpha value is -2.93. The molecule has 1 amide bonds. The van der Waals surface area contributed by atoms with Gasteiger partial charge in [0.15, 0.2) is 5.88 Å². The van der Waals surface area contributed by atoms with Gasteiger partial charge in [-0.25, -0.2) is 4.99 Å². The molecule has 184 valence electrons. The van der Waals surface area contributed by atoms with Crippen molar-refractivity contribution in [1.29, 1.82) is 0 Å². The van der Waals surface area contributed by atoms with Crippen LogP contribution < -0.4 is 10.6 Å². The van der Waals surface area contributed by atoms with Gasteiger partial charge in [-0.2, -0.15) is 0 Å². The monoisotopic (exact) mass is 538 g/mol. The van der Waals surface area contributed by atoms with Crippen molar-refractivity contribution in [3.8, 4) is 5.88 Å². The van der Waals surface area contributed by atoms with Crippen LogP contribution in [0.5, 0.6) is 5.88 Å². The molecule has 1 aliphatic heterocycles. The van der Waals surface area contributed by atoms with Crippen LogP contribution in [0.25, 0.3) is 16.5 Å². The molecule has 35 heavy (non-hydrogen) atoms. The van der Waals surface area contributed by atoms with E-state index in [0.717, 1.165) is 65.5 Å². The third-order valence-corrected chi connectivity index (χ3v) is 6.92. The minimum atomic E-state index is -0.316. The van der Waals surface area contributed by atoms with Gasteiger partial charge in [-0.15, -0.1) is 0 Å². The number of unbranched alkanes of at least 4 members (excludes halogenated alkanes) is 6. The van der Waals surface area contributed by atoms with Gasteiger partial charge < -0.3 is 14.4 Å². The molecule has 1 aromatic heterocycles. The highest BCUT2D eigenvalue weighted by atomic mass is 79.9. The summed E-state index contributed by atoms with van der Waals surface area (Å²) in [6.45, 7) is 2.95. The zero-order valence-electron chi connectivity index (χ0n) is 20.1. The summed E-state index contributed by atoms with van der Waals surface area (Å²) in [7, 11) is 0. The van der Waals surface area contributed by atoms with Gasteiger partial charge in [-0.1, -0.05) is 66.2 Å². The summed E-state index contributed by atoms with van der Waals surface area (Å²) < 4.78 is 7.76. The first-order valence-corrected chi connectivity index (χ1v) is 13.2. The number of carbonyl (C=O) groups is 2. The summed E-state index contributed by atoms with van der Waals surface area (Å²) in [5.74, 6) is -0.303. The van der Waals surface area contributed by atoms with E-state index in [4.69, 9.17) is 4.74 Å². The Bertz CT molecular complexity index is 1360. The molecule has 0 fully saturated rings. The topological polar surface area (TPSA) is 80.9 Å². The molecule has 0 bridgehead atoms. The number of amides is 1. The van der Waals surface area contributed by atoms with Crippen LogP contribution in [0.3, 0.4) is 0 Å².